The standard InChI is InChI=1S/C25H38O4/c1-15-7-8-20-24(4,12-9-19-23(2,3)10-6-11-25(19,20)5)17(15)14-18(26)16-13-21(27)29-22(16)28/h13,17-20,22,26,28H,1,6-12,14H2,2-5H3/t17-,18-,19+,20+,22-,24+,25+/m1/s1. The Balaban J connectivity index is 1.62. The maximum atomic E-state index is 11.5. The summed E-state index contributed by atoms with van der Waals surface area (Å²) in [7, 11) is 0. The summed E-state index contributed by atoms with van der Waals surface area (Å²) in [5.41, 5.74) is 2.36. The molecule has 0 aromatic heterocycles. The van der Waals surface area contributed by atoms with Crippen LogP contribution in [-0.4, -0.2) is 28.6 Å². The van der Waals surface area contributed by atoms with Crippen molar-refractivity contribution in [3.8, 4) is 0 Å². The highest BCUT2D eigenvalue weighted by Gasteiger charge is 2.61. The van der Waals surface area contributed by atoms with Gasteiger partial charge in [-0.05, 0) is 78.9 Å². The first-order valence-corrected chi connectivity index (χ1v) is 11.4. The molecule has 2 N–H and O–H groups in total. The van der Waals surface area contributed by atoms with Crippen molar-refractivity contribution in [2.45, 2.75) is 91.5 Å². The molecule has 0 saturated heterocycles. The van der Waals surface area contributed by atoms with E-state index in [0.717, 1.165) is 18.8 Å². The van der Waals surface area contributed by atoms with E-state index in [9.17, 15) is 15.0 Å². The Morgan fingerprint density at radius 1 is 1.14 bits per heavy atom. The summed E-state index contributed by atoms with van der Waals surface area (Å²) in [6.07, 6.45) is 8.11. The summed E-state index contributed by atoms with van der Waals surface area (Å²) in [4.78, 5) is 11.5. The first-order valence-electron chi connectivity index (χ1n) is 11.4. The molecule has 162 valence electrons. The Morgan fingerprint density at radius 2 is 1.86 bits per heavy atom. The highest BCUT2D eigenvalue weighted by atomic mass is 16.6. The van der Waals surface area contributed by atoms with Crippen LogP contribution in [0.2, 0.25) is 0 Å². The third-order valence-electron chi connectivity index (χ3n) is 9.52. The van der Waals surface area contributed by atoms with Crippen molar-refractivity contribution in [3.05, 3.63) is 23.8 Å². The molecule has 0 aromatic carbocycles. The number of carbonyl (C=O) groups is 1. The molecule has 1 heterocycles. The Bertz CT molecular complexity index is 737. The fourth-order valence-electron chi connectivity index (χ4n) is 8.21. The first-order chi connectivity index (χ1) is 13.5. The minimum absolute atomic E-state index is 0.101. The summed E-state index contributed by atoms with van der Waals surface area (Å²) < 4.78 is 4.79. The molecule has 0 aromatic rings. The van der Waals surface area contributed by atoms with Crippen LogP contribution < -0.4 is 0 Å². The number of aliphatic hydroxyl groups excluding tert-OH is 2. The molecule has 1 aliphatic heterocycles. The molecular weight excluding hydrogens is 364 g/mol. The van der Waals surface area contributed by atoms with Gasteiger partial charge in [-0.15, -0.1) is 0 Å². The summed E-state index contributed by atoms with van der Waals surface area (Å²) in [6, 6.07) is 0. The van der Waals surface area contributed by atoms with Gasteiger partial charge < -0.3 is 14.9 Å². The van der Waals surface area contributed by atoms with Crippen LogP contribution in [0.5, 0.6) is 0 Å². The highest BCUT2D eigenvalue weighted by molar-refractivity contribution is 5.85. The largest absolute Gasteiger partial charge is 0.429 e. The van der Waals surface area contributed by atoms with E-state index in [0.29, 0.717) is 28.7 Å². The number of hydrogen-bond donors (Lipinski definition) is 2. The van der Waals surface area contributed by atoms with Gasteiger partial charge in [-0.2, -0.15) is 0 Å². The van der Waals surface area contributed by atoms with Crippen molar-refractivity contribution in [1.29, 1.82) is 0 Å². The predicted octanol–water partition coefficient (Wildman–Crippen LogP) is 4.75. The average molecular weight is 403 g/mol. The van der Waals surface area contributed by atoms with Gasteiger partial charge in [-0.1, -0.05) is 46.3 Å². The summed E-state index contributed by atoms with van der Waals surface area (Å²) in [5, 5.41) is 20.9. The average Bonchev–Trinajstić information content (AvgIpc) is 2.95. The molecule has 0 spiro atoms. The van der Waals surface area contributed by atoms with E-state index in [1.165, 1.54) is 43.8 Å². The second kappa shape index (κ2) is 6.95. The highest BCUT2D eigenvalue weighted by Crippen LogP contribution is 2.69. The third kappa shape index (κ3) is 3.22. The molecule has 3 fully saturated rings. The Kier molecular flexibility index (Phi) is 5.06. The van der Waals surface area contributed by atoms with Crippen LogP contribution in [0, 0.1) is 34.0 Å². The van der Waals surface area contributed by atoms with Crippen molar-refractivity contribution in [2.24, 2.45) is 34.0 Å². The number of fused-ring (bicyclic) bond motifs is 3. The van der Waals surface area contributed by atoms with Gasteiger partial charge in [0.25, 0.3) is 0 Å². The molecule has 3 saturated carbocycles. The maximum Gasteiger partial charge on any atom is 0.333 e. The van der Waals surface area contributed by atoms with Crippen LogP contribution in [0.1, 0.15) is 79.1 Å². The zero-order chi connectivity index (χ0) is 21.2. The normalized spacial score (nSPS) is 45.1. The van der Waals surface area contributed by atoms with E-state index in [-0.39, 0.29) is 11.3 Å². The summed E-state index contributed by atoms with van der Waals surface area (Å²) in [5.74, 6) is 0.999. The number of allylic oxidation sites excluding steroid dienone is 1. The van der Waals surface area contributed by atoms with Gasteiger partial charge >= 0.3 is 5.97 Å². The van der Waals surface area contributed by atoms with Gasteiger partial charge in [-0.25, -0.2) is 4.79 Å². The number of hydrogen-bond acceptors (Lipinski definition) is 4. The number of aliphatic hydroxyl groups is 2. The van der Waals surface area contributed by atoms with Gasteiger partial charge in [0.05, 0.1) is 6.10 Å². The molecule has 7 atom stereocenters. The number of esters is 1. The molecule has 4 heteroatoms. The van der Waals surface area contributed by atoms with Crippen molar-refractivity contribution in [2.75, 3.05) is 0 Å². The molecule has 29 heavy (non-hydrogen) atoms. The summed E-state index contributed by atoms with van der Waals surface area (Å²) in [6.45, 7) is 14.3. The second-order valence-electron chi connectivity index (χ2n) is 11.4. The van der Waals surface area contributed by atoms with E-state index in [4.69, 9.17) is 4.74 Å². The molecule has 4 nitrogen and oxygen atoms in total. The van der Waals surface area contributed by atoms with Crippen LogP contribution in [0.3, 0.4) is 0 Å². The van der Waals surface area contributed by atoms with Gasteiger partial charge in [0.2, 0.25) is 6.29 Å². The minimum atomic E-state index is -1.31. The van der Waals surface area contributed by atoms with Crippen LogP contribution in [0.4, 0.5) is 0 Å². The number of rotatable bonds is 3. The monoisotopic (exact) mass is 402 g/mol. The quantitative estimate of drug-likeness (QED) is 0.528. The molecular formula is C25H38O4. The minimum Gasteiger partial charge on any atom is -0.429 e. The lowest BCUT2D eigenvalue weighted by Gasteiger charge is -2.66. The van der Waals surface area contributed by atoms with Crippen LogP contribution in [0.25, 0.3) is 0 Å². The third-order valence-corrected chi connectivity index (χ3v) is 9.52. The van der Waals surface area contributed by atoms with Gasteiger partial charge in [-0.3, -0.25) is 0 Å². The van der Waals surface area contributed by atoms with Crippen molar-refractivity contribution < 1.29 is 19.7 Å². The van der Waals surface area contributed by atoms with E-state index in [1.807, 2.05) is 0 Å². The Labute approximate surface area is 175 Å². The Morgan fingerprint density at radius 3 is 2.52 bits per heavy atom. The zero-order valence-electron chi connectivity index (χ0n) is 18.5. The van der Waals surface area contributed by atoms with Crippen molar-refractivity contribution in [3.63, 3.8) is 0 Å². The van der Waals surface area contributed by atoms with E-state index in [1.54, 1.807) is 0 Å². The topological polar surface area (TPSA) is 66.8 Å². The lowest BCUT2D eigenvalue weighted by atomic mass is 9.39. The second-order valence-corrected chi connectivity index (χ2v) is 11.4. The lowest BCUT2D eigenvalue weighted by Crippen LogP contribution is -2.58. The summed E-state index contributed by atoms with van der Waals surface area (Å²) >= 11 is 0. The lowest BCUT2D eigenvalue weighted by molar-refractivity contribution is -0.158. The molecule has 4 rings (SSSR count). The van der Waals surface area contributed by atoms with Crippen LogP contribution in [-0.2, 0) is 9.53 Å². The van der Waals surface area contributed by atoms with Gasteiger partial charge in [0.15, 0.2) is 0 Å². The van der Waals surface area contributed by atoms with Gasteiger partial charge in [0.1, 0.15) is 0 Å². The van der Waals surface area contributed by atoms with Crippen LogP contribution >= 0.6 is 0 Å². The number of ether oxygens (including phenoxy) is 1. The molecule has 0 amide bonds. The maximum absolute atomic E-state index is 11.5. The first kappa shape index (κ1) is 21.1. The molecule has 0 radical (unpaired) electrons. The van der Waals surface area contributed by atoms with Crippen molar-refractivity contribution >= 4 is 5.97 Å². The predicted molar refractivity (Wildman–Crippen MR) is 113 cm³/mol. The SMILES string of the molecule is C=C1CC[C@H]2[C@@](C)(CC[C@H]3C(C)(C)CCC[C@]23C)[C@@H]1C[C@@H](O)C1=CC(=O)O[C@H]1O. The molecule has 3 aliphatic carbocycles. The molecule has 0 unspecified atom stereocenters. The smallest absolute Gasteiger partial charge is 0.333 e. The van der Waals surface area contributed by atoms with Crippen LogP contribution in [0.15, 0.2) is 23.8 Å². The fraction of sp³-hybridized carbons (Fsp3) is 0.800. The fourth-order valence-corrected chi connectivity index (χ4v) is 8.21. The zero-order valence-corrected chi connectivity index (χ0v) is 18.5. The van der Waals surface area contributed by atoms with Gasteiger partial charge in [0, 0.05) is 11.6 Å². The molecule has 4 aliphatic rings. The van der Waals surface area contributed by atoms with Crippen molar-refractivity contribution in [1.82, 2.24) is 0 Å². The van der Waals surface area contributed by atoms with E-state index in [2.05, 4.69) is 34.3 Å². The molecule has 0 bridgehead atoms. The number of cyclic esters (lactones) is 1. The Hall–Kier alpha value is -1.13. The van der Waals surface area contributed by atoms with E-state index < -0.39 is 18.4 Å². The number of carbonyl (C=O) groups excluding carboxylic acids is 1. The van der Waals surface area contributed by atoms with E-state index >= 15 is 0 Å².